The van der Waals surface area contributed by atoms with Gasteiger partial charge in [-0.15, -0.1) is 0 Å². The van der Waals surface area contributed by atoms with Crippen molar-refractivity contribution < 1.29 is 23.0 Å². The molecule has 0 spiro atoms. The van der Waals surface area contributed by atoms with Gasteiger partial charge in [-0.2, -0.15) is 8.78 Å². The number of carbonyl (C=O) groups excluding carboxylic acids is 1. The molecule has 0 aromatic heterocycles. The van der Waals surface area contributed by atoms with Crippen molar-refractivity contribution in [1.82, 2.24) is 5.32 Å². The van der Waals surface area contributed by atoms with Crippen LogP contribution in [0.4, 0.5) is 8.78 Å². The second kappa shape index (κ2) is 7.52. The topological polar surface area (TPSA) is 73.6 Å². The van der Waals surface area contributed by atoms with Crippen molar-refractivity contribution >= 4 is 5.91 Å². The van der Waals surface area contributed by atoms with E-state index in [1.165, 1.54) is 6.07 Å². The number of hydrogen-bond acceptors (Lipinski definition) is 4. The van der Waals surface area contributed by atoms with Gasteiger partial charge in [-0.05, 0) is 24.6 Å². The molecule has 0 atom stereocenters. The first-order valence-corrected chi connectivity index (χ1v) is 5.72. The molecule has 19 heavy (non-hydrogen) atoms. The number of ether oxygens (including phenoxy) is 2. The Labute approximate surface area is 109 Å². The first kappa shape index (κ1) is 15.2. The lowest BCUT2D eigenvalue weighted by Crippen LogP contribution is -2.28. The molecule has 1 amide bonds. The molecule has 0 bridgehead atoms. The summed E-state index contributed by atoms with van der Waals surface area (Å²) in [5, 5.41) is 2.81. The zero-order valence-corrected chi connectivity index (χ0v) is 10.5. The predicted molar refractivity (Wildman–Crippen MR) is 65.1 cm³/mol. The molecule has 1 rings (SSSR count). The fourth-order valence-corrected chi connectivity index (χ4v) is 1.45. The van der Waals surface area contributed by atoms with E-state index in [2.05, 4.69) is 10.1 Å². The summed E-state index contributed by atoms with van der Waals surface area (Å²) in [5.41, 5.74) is 5.75. The molecule has 0 aliphatic rings. The third-order valence-corrected chi connectivity index (χ3v) is 2.15. The van der Waals surface area contributed by atoms with Crippen molar-refractivity contribution in [3.63, 3.8) is 0 Å². The van der Waals surface area contributed by atoms with Crippen LogP contribution >= 0.6 is 0 Å². The second-order valence-electron chi connectivity index (χ2n) is 3.66. The van der Waals surface area contributed by atoms with E-state index in [-0.39, 0.29) is 18.0 Å². The van der Waals surface area contributed by atoms with E-state index in [9.17, 15) is 13.6 Å². The minimum absolute atomic E-state index is 0.0181. The highest BCUT2D eigenvalue weighted by molar-refractivity contribution is 5.75. The maximum absolute atomic E-state index is 12.2. The molecule has 0 aliphatic heterocycles. The molecule has 0 saturated carbocycles. The maximum atomic E-state index is 12.2. The van der Waals surface area contributed by atoms with Crippen LogP contribution in [0.3, 0.4) is 0 Å². The third kappa shape index (κ3) is 5.52. The Bertz CT molecular complexity index is 427. The molecule has 1 aromatic rings. The summed E-state index contributed by atoms with van der Waals surface area (Å²) in [5.74, 6) is -0.251. The van der Waals surface area contributed by atoms with Crippen molar-refractivity contribution in [3.05, 3.63) is 23.8 Å². The smallest absolute Gasteiger partial charge is 0.387 e. The summed E-state index contributed by atoms with van der Waals surface area (Å²) in [7, 11) is 0. The Hall–Kier alpha value is -1.89. The van der Waals surface area contributed by atoms with Crippen molar-refractivity contribution in [2.24, 2.45) is 5.73 Å². The molecular weight excluding hydrogens is 258 g/mol. The van der Waals surface area contributed by atoms with Crippen molar-refractivity contribution in [2.45, 2.75) is 20.1 Å². The van der Waals surface area contributed by atoms with E-state index >= 15 is 0 Å². The molecule has 0 saturated heterocycles. The van der Waals surface area contributed by atoms with Crippen LogP contribution < -0.4 is 20.5 Å². The minimum Gasteiger partial charge on any atom is -0.490 e. The lowest BCUT2D eigenvalue weighted by molar-refractivity contribution is -0.117. The van der Waals surface area contributed by atoms with Gasteiger partial charge in [0.15, 0.2) is 11.5 Å². The average Bonchev–Trinajstić information content (AvgIpc) is 2.31. The van der Waals surface area contributed by atoms with Crippen LogP contribution in [0, 0.1) is 0 Å². The number of halogens is 2. The summed E-state index contributed by atoms with van der Waals surface area (Å²) >= 11 is 0. The number of hydrogen-bond donors (Lipinski definition) is 2. The fraction of sp³-hybridized carbons (Fsp3) is 0.417. The lowest BCUT2D eigenvalue weighted by atomic mass is 10.2. The van der Waals surface area contributed by atoms with Crippen LogP contribution in [-0.4, -0.2) is 25.7 Å². The number of nitrogens with one attached hydrogen (secondary N) is 1. The van der Waals surface area contributed by atoms with Gasteiger partial charge >= 0.3 is 6.61 Å². The van der Waals surface area contributed by atoms with Crippen LogP contribution in [0.25, 0.3) is 0 Å². The van der Waals surface area contributed by atoms with Crippen LogP contribution in [-0.2, 0) is 11.3 Å². The largest absolute Gasteiger partial charge is 0.490 e. The molecule has 7 heteroatoms. The summed E-state index contributed by atoms with van der Waals surface area (Å²) < 4.78 is 34.0. The molecule has 0 unspecified atom stereocenters. The van der Waals surface area contributed by atoms with Gasteiger partial charge in [0.2, 0.25) is 5.91 Å². The maximum Gasteiger partial charge on any atom is 0.387 e. The van der Waals surface area contributed by atoms with Crippen LogP contribution in [0.5, 0.6) is 11.5 Å². The van der Waals surface area contributed by atoms with Crippen molar-refractivity contribution in [3.8, 4) is 11.5 Å². The molecule has 0 radical (unpaired) electrons. The Morgan fingerprint density at radius 1 is 1.42 bits per heavy atom. The normalized spacial score (nSPS) is 10.5. The Kier molecular flexibility index (Phi) is 6.01. The van der Waals surface area contributed by atoms with Gasteiger partial charge in [0.05, 0.1) is 13.2 Å². The summed E-state index contributed by atoms with van der Waals surface area (Å²) in [4.78, 5) is 10.6. The third-order valence-electron chi connectivity index (χ3n) is 2.15. The highest BCUT2D eigenvalue weighted by Gasteiger charge is 2.11. The van der Waals surface area contributed by atoms with Gasteiger partial charge in [-0.3, -0.25) is 4.79 Å². The van der Waals surface area contributed by atoms with Crippen molar-refractivity contribution in [2.75, 3.05) is 13.2 Å². The molecule has 1 aromatic carbocycles. The molecule has 0 heterocycles. The van der Waals surface area contributed by atoms with E-state index in [0.717, 1.165) is 5.56 Å². The monoisotopic (exact) mass is 274 g/mol. The molecule has 3 N–H and O–H groups in total. The zero-order valence-electron chi connectivity index (χ0n) is 10.5. The van der Waals surface area contributed by atoms with E-state index in [0.29, 0.717) is 13.2 Å². The van der Waals surface area contributed by atoms with Gasteiger partial charge < -0.3 is 20.5 Å². The number of primary amides is 1. The number of carbonyl (C=O) groups is 1. The quantitative estimate of drug-likeness (QED) is 0.748. The molecular formula is C12H16F2N2O3. The molecule has 0 fully saturated rings. The summed E-state index contributed by atoms with van der Waals surface area (Å²) in [6.45, 7) is -0.419. The van der Waals surface area contributed by atoms with Crippen molar-refractivity contribution in [1.29, 1.82) is 0 Å². The molecule has 0 aliphatic carbocycles. The average molecular weight is 274 g/mol. The van der Waals surface area contributed by atoms with Crippen LogP contribution in [0.15, 0.2) is 18.2 Å². The van der Waals surface area contributed by atoms with Gasteiger partial charge in [0.1, 0.15) is 0 Å². The van der Waals surface area contributed by atoms with Crippen LogP contribution in [0.2, 0.25) is 0 Å². The first-order valence-electron chi connectivity index (χ1n) is 5.72. The Morgan fingerprint density at radius 3 is 2.74 bits per heavy atom. The van der Waals surface area contributed by atoms with E-state index in [1.54, 1.807) is 19.1 Å². The van der Waals surface area contributed by atoms with Gasteiger partial charge in [0.25, 0.3) is 0 Å². The zero-order chi connectivity index (χ0) is 14.3. The Morgan fingerprint density at radius 2 is 2.16 bits per heavy atom. The number of benzene rings is 1. The lowest BCUT2D eigenvalue weighted by Gasteiger charge is -2.12. The Balaban J connectivity index is 2.74. The van der Waals surface area contributed by atoms with E-state index in [4.69, 9.17) is 10.5 Å². The summed E-state index contributed by atoms with van der Waals surface area (Å²) in [6, 6.07) is 4.59. The highest BCUT2D eigenvalue weighted by atomic mass is 19.3. The fourth-order valence-electron chi connectivity index (χ4n) is 1.45. The molecule has 5 nitrogen and oxygen atoms in total. The van der Waals surface area contributed by atoms with E-state index in [1.807, 2.05) is 0 Å². The number of alkyl halides is 2. The van der Waals surface area contributed by atoms with Gasteiger partial charge in [0, 0.05) is 6.54 Å². The SMILES string of the molecule is CCOc1cc(CNCC(N)=O)ccc1OC(F)F. The second-order valence-corrected chi connectivity index (χ2v) is 3.66. The first-order chi connectivity index (χ1) is 9.02. The van der Waals surface area contributed by atoms with Gasteiger partial charge in [-0.1, -0.05) is 6.07 Å². The van der Waals surface area contributed by atoms with Gasteiger partial charge in [-0.25, -0.2) is 0 Å². The standard InChI is InChI=1S/C12H16F2N2O3/c1-2-18-10-5-8(6-16-7-11(15)17)3-4-9(10)19-12(13)14/h3-5,12,16H,2,6-7H2,1H3,(H2,15,17). The number of amides is 1. The van der Waals surface area contributed by atoms with Crippen LogP contribution in [0.1, 0.15) is 12.5 Å². The minimum atomic E-state index is -2.90. The highest BCUT2D eigenvalue weighted by Crippen LogP contribution is 2.29. The number of rotatable bonds is 8. The summed E-state index contributed by atoms with van der Waals surface area (Å²) in [6.07, 6.45) is 0. The number of nitrogens with two attached hydrogens (primary N) is 1. The predicted octanol–water partition coefficient (Wildman–Crippen LogP) is 1.26. The van der Waals surface area contributed by atoms with E-state index < -0.39 is 12.5 Å². The molecule has 106 valence electrons.